The van der Waals surface area contributed by atoms with Crippen molar-refractivity contribution in [3.05, 3.63) is 10.6 Å². The van der Waals surface area contributed by atoms with Gasteiger partial charge in [-0.05, 0) is 43.8 Å². The van der Waals surface area contributed by atoms with Crippen molar-refractivity contribution in [2.24, 2.45) is 5.92 Å². The van der Waals surface area contributed by atoms with E-state index in [-0.39, 0.29) is 6.61 Å². The van der Waals surface area contributed by atoms with Gasteiger partial charge in [0.15, 0.2) is 10.6 Å². The molecular formula is C10H17N3OS. The van der Waals surface area contributed by atoms with Crippen LogP contribution in [0.3, 0.4) is 0 Å². The van der Waals surface area contributed by atoms with E-state index >= 15 is 0 Å². The van der Waals surface area contributed by atoms with E-state index in [4.69, 9.17) is 17.3 Å². The molecule has 1 saturated carbocycles. The van der Waals surface area contributed by atoms with Gasteiger partial charge >= 0.3 is 0 Å². The van der Waals surface area contributed by atoms with Crippen LogP contribution in [0.25, 0.3) is 0 Å². The molecule has 0 spiro atoms. The molecule has 2 rings (SSSR count). The average Bonchev–Trinajstić information content (AvgIpc) is 2.61. The van der Waals surface area contributed by atoms with E-state index in [1.54, 1.807) is 0 Å². The van der Waals surface area contributed by atoms with Crippen molar-refractivity contribution in [3.63, 3.8) is 0 Å². The minimum Gasteiger partial charge on any atom is -0.388 e. The summed E-state index contributed by atoms with van der Waals surface area (Å²) >= 11 is 5.18. The van der Waals surface area contributed by atoms with Crippen molar-refractivity contribution < 1.29 is 5.11 Å². The summed E-state index contributed by atoms with van der Waals surface area (Å²) in [4.78, 5) is 0. The molecule has 0 atom stereocenters. The standard InChI is InChI=1S/C10H17N3OS/c1-7-2-4-8(5-3-7)13-9(6-14)11-12-10(13)15/h7-8,14H,2-6H2,1H3,(H,12,15). The fraction of sp³-hybridized carbons (Fsp3) is 0.800. The normalized spacial score (nSPS) is 26.8. The summed E-state index contributed by atoms with van der Waals surface area (Å²) < 4.78 is 2.62. The average molecular weight is 227 g/mol. The number of nitrogens with one attached hydrogen (secondary N) is 1. The smallest absolute Gasteiger partial charge is 0.195 e. The van der Waals surface area contributed by atoms with Gasteiger partial charge < -0.3 is 5.11 Å². The molecule has 0 aliphatic heterocycles. The molecular weight excluding hydrogens is 210 g/mol. The SMILES string of the molecule is CC1CCC(n2c(CO)n[nH]c2=S)CC1. The van der Waals surface area contributed by atoms with Gasteiger partial charge in [-0.2, -0.15) is 5.10 Å². The van der Waals surface area contributed by atoms with Crippen molar-refractivity contribution in [3.8, 4) is 0 Å². The molecule has 1 aliphatic rings. The lowest BCUT2D eigenvalue weighted by Gasteiger charge is -2.27. The van der Waals surface area contributed by atoms with E-state index < -0.39 is 0 Å². The van der Waals surface area contributed by atoms with Crippen molar-refractivity contribution in [2.75, 3.05) is 0 Å². The third kappa shape index (κ3) is 2.13. The number of aliphatic hydroxyl groups is 1. The summed E-state index contributed by atoms with van der Waals surface area (Å²) in [6.45, 7) is 2.25. The second kappa shape index (κ2) is 4.45. The molecule has 0 saturated heterocycles. The van der Waals surface area contributed by atoms with Gasteiger partial charge in [-0.25, -0.2) is 0 Å². The number of aromatic nitrogens is 3. The molecule has 1 aromatic heterocycles. The fourth-order valence-corrected chi connectivity index (χ4v) is 2.63. The zero-order valence-corrected chi connectivity index (χ0v) is 9.76. The first-order chi connectivity index (χ1) is 7.22. The maximum atomic E-state index is 9.16. The molecule has 1 fully saturated rings. The Morgan fingerprint density at radius 1 is 1.47 bits per heavy atom. The summed E-state index contributed by atoms with van der Waals surface area (Å²) in [6.07, 6.45) is 4.76. The van der Waals surface area contributed by atoms with E-state index in [0.29, 0.717) is 16.6 Å². The first-order valence-corrected chi connectivity index (χ1v) is 5.90. The van der Waals surface area contributed by atoms with Crippen molar-refractivity contribution in [2.45, 2.75) is 45.3 Å². The number of hydrogen-bond donors (Lipinski definition) is 2. The Bertz CT molecular complexity index is 376. The summed E-state index contributed by atoms with van der Waals surface area (Å²) in [5, 5.41) is 15.9. The fourth-order valence-electron chi connectivity index (χ4n) is 2.33. The Morgan fingerprint density at radius 3 is 2.73 bits per heavy atom. The first kappa shape index (κ1) is 10.8. The molecule has 0 radical (unpaired) electrons. The molecule has 15 heavy (non-hydrogen) atoms. The summed E-state index contributed by atoms with van der Waals surface area (Å²) in [5.41, 5.74) is 0. The third-order valence-electron chi connectivity index (χ3n) is 3.27. The molecule has 1 heterocycles. The Morgan fingerprint density at radius 2 is 2.13 bits per heavy atom. The molecule has 1 aromatic rings. The Hall–Kier alpha value is -0.680. The first-order valence-electron chi connectivity index (χ1n) is 5.49. The minimum absolute atomic E-state index is 0.0425. The molecule has 5 heteroatoms. The largest absolute Gasteiger partial charge is 0.388 e. The van der Waals surface area contributed by atoms with E-state index in [2.05, 4.69) is 17.1 Å². The van der Waals surface area contributed by atoms with Crippen LogP contribution in [-0.4, -0.2) is 19.9 Å². The van der Waals surface area contributed by atoms with Crippen molar-refractivity contribution in [1.29, 1.82) is 0 Å². The maximum Gasteiger partial charge on any atom is 0.195 e. The van der Waals surface area contributed by atoms with E-state index in [9.17, 15) is 0 Å². The predicted molar refractivity (Wildman–Crippen MR) is 60.0 cm³/mol. The Labute approximate surface area is 94.3 Å². The zero-order chi connectivity index (χ0) is 10.8. The van der Waals surface area contributed by atoms with Crippen molar-refractivity contribution in [1.82, 2.24) is 14.8 Å². The van der Waals surface area contributed by atoms with Crippen LogP contribution in [0, 0.1) is 10.7 Å². The number of H-pyrrole nitrogens is 1. The maximum absolute atomic E-state index is 9.16. The molecule has 0 amide bonds. The lowest BCUT2D eigenvalue weighted by Crippen LogP contribution is -2.18. The molecule has 0 unspecified atom stereocenters. The van der Waals surface area contributed by atoms with Crippen molar-refractivity contribution >= 4 is 12.2 Å². The van der Waals surface area contributed by atoms with Crippen LogP contribution in [0.1, 0.15) is 44.5 Å². The van der Waals surface area contributed by atoms with E-state index in [1.165, 1.54) is 12.8 Å². The Balaban J connectivity index is 2.21. The van der Waals surface area contributed by atoms with E-state index in [0.717, 1.165) is 18.8 Å². The van der Waals surface area contributed by atoms with Crippen LogP contribution in [0.5, 0.6) is 0 Å². The highest BCUT2D eigenvalue weighted by molar-refractivity contribution is 7.71. The summed E-state index contributed by atoms with van der Waals surface area (Å²) in [6, 6.07) is 0.426. The molecule has 84 valence electrons. The zero-order valence-electron chi connectivity index (χ0n) is 8.94. The van der Waals surface area contributed by atoms with Gasteiger partial charge in [0.05, 0.1) is 0 Å². The molecule has 4 nitrogen and oxygen atoms in total. The summed E-state index contributed by atoms with van der Waals surface area (Å²) in [7, 11) is 0. The van der Waals surface area contributed by atoms with Crippen LogP contribution in [0.4, 0.5) is 0 Å². The highest BCUT2D eigenvalue weighted by atomic mass is 32.1. The van der Waals surface area contributed by atoms with Gasteiger partial charge in [-0.1, -0.05) is 6.92 Å². The van der Waals surface area contributed by atoms with Gasteiger partial charge in [-0.15, -0.1) is 0 Å². The molecule has 0 bridgehead atoms. The highest BCUT2D eigenvalue weighted by Gasteiger charge is 2.22. The van der Waals surface area contributed by atoms with Gasteiger partial charge in [-0.3, -0.25) is 9.67 Å². The number of rotatable bonds is 2. The molecule has 2 N–H and O–H groups in total. The highest BCUT2D eigenvalue weighted by Crippen LogP contribution is 2.32. The van der Waals surface area contributed by atoms with Gasteiger partial charge in [0.2, 0.25) is 0 Å². The number of nitrogens with zero attached hydrogens (tertiary/aromatic N) is 2. The number of aliphatic hydroxyl groups excluding tert-OH is 1. The number of hydrogen-bond acceptors (Lipinski definition) is 3. The second-order valence-electron chi connectivity index (χ2n) is 4.39. The second-order valence-corrected chi connectivity index (χ2v) is 4.77. The minimum atomic E-state index is -0.0425. The lowest BCUT2D eigenvalue weighted by atomic mass is 9.87. The lowest BCUT2D eigenvalue weighted by molar-refractivity contribution is 0.239. The third-order valence-corrected chi connectivity index (χ3v) is 3.56. The summed E-state index contributed by atoms with van der Waals surface area (Å²) in [5.74, 6) is 1.49. The van der Waals surface area contributed by atoms with Crippen LogP contribution >= 0.6 is 12.2 Å². The Kier molecular flexibility index (Phi) is 3.21. The quantitative estimate of drug-likeness (QED) is 0.761. The molecule has 0 aromatic carbocycles. The molecule has 1 aliphatic carbocycles. The monoisotopic (exact) mass is 227 g/mol. The predicted octanol–water partition coefficient (Wildman–Crippen LogP) is 2.18. The van der Waals surface area contributed by atoms with Crippen LogP contribution in [-0.2, 0) is 6.61 Å². The topological polar surface area (TPSA) is 53.8 Å². The van der Waals surface area contributed by atoms with Crippen LogP contribution in [0.15, 0.2) is 0 Å². The van der Waals surface area contributed by atoms with Crippen LogP contribution in [0.2, 0.25) is 0 Å². The van der Waals surface area contributed by atoms with Gasteiger partial charge in [0.1, 0.15) is 6.61 Å². The van der Waals surface area contributed by atoms with Gasteiger partial charge in [0, 0.05) is 6.04 Å². The number of aromatic amines is 1. The van der Waals surface area contributed by atoms with Gasteiger partial charge in [0.25, 0.3) is 0 Å². The van der Waals surface area contributed by atoms with Crippen LogP contribution < -0.4 is 0 Å². The van der Waals surface area contributed by atoms with E-state index in [1.807, 2.05) is 4.57 Å².